The third-order valence-corrected chi connectivity index (χ3v) is 2.85. The van der Waals surface area contributed by atoms with Gasteiger partial charge in [-0.1, -0.05) is 18.2 Å². The topological polar surface area (TPSA) is 75.3 Å². The number of ether oxygens (including phenoxy) is 4. The van der Waals surface area contributed by atoms with Crippen molar-refractivity contribution in [2.45, 2.75) is 0 Å². The number of amidine groups is 1. The molecule has 0 bridgehead atoms. The van der Waals surface area contributed by atoms with E-state index in [0.717, 1.165) is 0 Å². The number of rotatable bonds is 5. The van der Waals surface area contributed by atoms with E-state index in [0.29, 0.717) is 28.7 Å². The van der Waals surface area contributed by atoms with Gasteiger partial charge in [0.25, 0.3) is 6.02 Å². The van der Waals surface area contributed by atoms with Crippen molar-refractivity contribution in [1.82, 2.24) is 0 Å². The van der Waals surface area contributed by atoms with Crippen molar-refractivity contribution < 1.29 is 18.9 Å². The second-order valence-corrected chi connectivity index (χ2v) is 4.25. The van der Waals surface area contributed by atoms with Crippen molar-refractivity contribution in [3.63, 3.8) is 0 Å². The van der Waals surface area contributed by atoms with Gasteiger partial charge in [0, 0.05) is 12.1 Å². The summed E-state index contributed by atoms with van der Waals surface area (Å²) >= 11 is 0. The zero-order valence-corrected chi connectivity index (χ0v) is 12.7. The molecule has 0 saturated carbocycles. The second-order valence-electron chi connectivity index (χ2n) is 4.25. The molecule has 2 rings (SSSR count). The lowest BCUT2D eigenvalue weighted by molar-refractivity contribution is 0.324. The van der Waals surface area contributed by atoms with E-state index in [1.165, 1.54) is 21.3 Å². The van der Waals surface area contributed by atoms with E-state index in [-0.39, 0.29) is 6.02 Å². The molecule has 0 aromatic heterocycles. The van der Waals surface area contributed by atoms with Crippen LogP contribution in [0.15, 0.2) is 47.5 Å². The van der Waals surface area contributed by atoms with Gasteiger partial charge in [0.1, 0.15) is 5.75 Å². The number of methoxy groups -OCH3 is 3. The van der Waals surface area contributed by atoms with Crippen LogP contribution in [0.3, 0.4) is 0 Å². The predicted octanol–water partition coefficient (Wildman–Crippen LogP) is 2.74. The molecule has 0 radical (unpaired) electrons. The lowest BCUT2D eigenvalue weighted by Gasteiger charge is -2.12. The Kier molecular flexibility index (Phi) is 5.08. The van der Waals surface area contributed by atoms with Crippen LogP contribution in [0.2, 0.25) is 0 Å². The van der Waals surface area contributed by atoms with Crippen LogP contribution in [0.1, 0.15) is 0 Å². The van der Waals surface area contributed by atoms with E-state index in [1.807, 2.05) is 18.2 Å². The number of aliphatic imine (C=N–C) groups is 1. The smallest absolute Gasteiger partial charge is 0.292 e. The Hall–Kier alpha value is -2.89. The molecule has 0 aliphatic heterocycles. The fourth-order valence-corrected chi connectivity index (χ4v) is 1.89. The Bertz CT molecular complexity index is 631. The SMILES string of the molecule is COc1cc(N=C(N)Oc2ccccc2)cc(OC)c1OC. The maximum absolute atomic E-state index is 5.81. The Morgan fingerprint density at radius 2 is 1.50 bits per heavy atom. The van der Waals surface area contributed by atoms with Crippen molar-refractivity contribution >= 4 is 11.7 Å². The van der Waals surface area contributed by atoms with E-state index < -0.39 is 0 Å². The summed E-state index contributed by atoms with van der Waals surface area (Å²) in [6, 6.07) is 12.5. The molecule has 2 aromatic rings. The minimum Gasteiger partial charge on any atom is -0.493 e. The van der Waals surface area contributed by atoms with Crippen LogP contribution in [0.5, 0.6) is 23.0 Å². The molecule has 116 valence electrons. The van der Waals surface area contributed by atoms with E-state index in [9.17, 15) is 0 Å². The van der Waals surface area contributed by atoms with E-state index in [1.54, 1.807) is 24.3 Å². The zero-order valence-electron chi connectivity index (χ0n) is 12.7. The summed E-state index contributed by atoms with van der Waals surface area (Å²) in [4.78, 5) is 4.20. The summed E-state index contributed by atoms with van der Waals surface area (Å²) in [5, 5.41) is 0. The molecule has 0 spiro atoms. The van der Waals surface area contributed by atoms with Crippen molar-refractivity contribution in [3.05, 3.63) is 42.5 Å². The monoisotopic (exact) mass is 302 g/mol. The first-order chi connectivity index (χ1) is 10.7. The number of nitrogens with zero attached hydrogens (tertiary/aromatic N) is 1. The van der Waals surface area contributed by atoms with E-state index >= 15 is 0 Å². The van der Waals surface area contributed by atoms with Gasteiger partial charge in [0.05, 0.1) is 27.0 Å². The van der Waals surface area contributed by atoms with Crippen LogP contribution < -0.4 is 24.7 Å². The Morgan fingerprint density at radius 3 is 2.00 bits per heavy atom. The molecule has 22 heavy (non-hydrogen) atoms. The predicted molar refractivity (Wildman–Crippen MR) is 84.5 cm³/mol. The molecule has 0 aliphatic carbocycles. The van der Waals surface area contributed by atoms with Crippen molar-refractivity contribution in [3.8, 4) is 23.0 Å². The minimum absolute atomic E-state index is 0.0143. The van der Waals surface area contributed by atoms with Gasteiger partial charge < -0.3 is 24.7 Å². The van der Waals surface area contributed by atoms with Gasteiger partial charge in [-0.3, -0.25) is 0 Å². The third kappa shape index (κ3) is 3.60. The summed E-state index contributed by atoms with van der Waals surface area (Å²) < 4.78 is 21.2. The second kappa shape index (κ2) is 7.21. The van der Waals surface area contributed by atoms with Gasteiger partial charge >= 0.3 is 0 Å². The number of nitrogens with two attached hydrogens (primary N) is 1. The average Bonchev–Trinajstić information content (AvgIpc) is 2.54. The Labute approximate surface area is 129 Å². The first kappa shape index (κ1) is 15.5. The first-order valence-electron chi connectivity index (χ1n) is 6.55. The van der Waals surface area contributed by atoms with Crippen molar-refractivity contribution in [2.24, 2.45) is 10.7 Å². The van der Waals surface area contributed by atoms with Crippen LogP contribution in [0.25, 0.3) is 0 Å². The first-order valence-corrected chi connectivity index (χ1v) is 6.55. The lowest BCUT2D eigenvalue weighted by Crippen LogP contribution is -2.19. The van der Waals surface area contributed by atoms with Gasteiger partial charge in [0.2, 0.25) is 5.75 Å². The Balaban J connectivity index is 2.30. The normalized spacial score (nSPS) is 11.0. The van der Waals surface area contributed by atoms with Gasteiger partial charge in [-0.15, -0.1) is 0 Å². The summed E-state index contributed by atoms with van der Waals surface area (Å²) in [7, 11) is 4.61. The fourth-order valence-electron chi connectivity index (χ4n) is 1.89. The number of para-hydroxylation sites is 1. The summed E-state index contributed by atoms with van der Waals surface area (Å²) in [5.41, 5.74) is 6.34. The quantitative estimate of drug-likeness (QED) is 0.679. The molecule has 0 saturated heterocycles. The average molecular weight is 302 g/mol. The highest BCUT2D eigenvalue weighted by Gasteiger charge is 2.13. The third-order valence-electron chi connectivity index (χ3n) is 2.85. The van der Waals surface area contributed by atoms with Gasteiger partial charge in [-0.05, 0) is 12.1 Å². The summed E-state index contributed by atoms with van der Waals surface area (Å²) in [6.45, 7) is 0. The van der Waals surface area contributed by atoms with Gasteiger partial charge in [-0.2, -0.15) is 4.99 Å². The summed E-state index contributed by atoms with van der Waals surface area (Å²) in [6.07, 6.45) is 0. The molecular weight excluding hydrogens is 284 g/mol. The number of benzene rings is 2. The molecule has 6 nitrogen and oxygen atoms in total. The largest absolute Gasteiger partial charge is 0.493 e. The van der Waals surface area contributed by atoms with Gasteiger partial charge in [-0.25, -0.2) is 0 Å². The number of hydrogen-bond donors (Lipinski definition) is 1. The maximum atomic E-state index is 5.81. The van der Waals surface area contributed by atoms with Crippen LogP contribution in [0.4, 0.5) is 5.69 Å². The molecule has 6 heteroatoms. The zero-order chi connectivity index (χ0) is 15.9. The fraction of sp³-hybridized carbons (Fsp3) is 0.188. The molecule has 0 aliphatic rings. The van der Waals surface area contributed by atoms with Crippen LogP contribution in [-0.4, -0.2) is 27.4 Å². The Morgan fingerprint density at radius 1 is 0.909 bits per heavy atom. The highest BCUT2D eigenvalue weighted by atomic mass is 16.5. The molecule has 0 unspecified atom stereocenters. The molecule has 0 amide bonds. The summed E-state index contributed by atoms with van der Waals surface area (Å²) in [5.74, 6) is 2.09. The molecule has 0 atom stereocenters. The molecule has 2 N–H and O–H groups in total. The highest BCUT2D eigenvalue weighted by Crippen LogP contribution is 2.40. The highest BCUT2D eigenvalue weighted by molar-refractivity contribution is 5.78. The number of hydrogen-bond acceptors (Lipinski definition) is 5. The molecule has 0 heterocycles. The van der Waals surface area contributed by atoms with E-state index in [2.05, 4.69) is 4.99 Å². The minimum atomic E-state index is 0.0143. The maximum Gasteiger partial charge on any atom is 0.292 e. The molecular formula is C16H18N2O4. The van der Waals surface area contributed by atoms with Crippen molar-refractivity contribution in [1.29, 1.82) is 0 Å². The standard InChI is InChI=1S/C16H18N2O4/c1-19-13-9-11(10-14(20-2)15(13)21-3)18-16(17)22-12-7-5-4-6-8-12/h4-10H,1-3H3,(H2,17,18). The van der Waals surface area contributed by atoms with Crippen LogP contribution in [-0.2, 0) is 0 Å². The van der Waals surface area contributed by atoms with Crippen LogP contribution in [0, 0.1) is 0 Å². The van der Waals surface area contributed by atoms with Crippen LogP contribution >= 0.6 is 0 Å². The molecule has 2 aromatic carbocycles. The van der Waals surface area contributed by atoms with Crippen molar-refractivity contribution in [2.75, 3.05) is 21.3 Å². The lowest BCUT2D eigenvalue weighted by atomic mass is 10.2. The molecule has 0 fully saturated rings. The van der Waals surface area contributed by atoms with E-state index in [4.69, 9.17) is 24.7 Å². The van der Waals surface area contributed by atoms with Gasteiger partial charge in [0.15, 0.2) is 11.5 Å².